The van der Waals surface area contributed by atoms with E-state index in [1.165, 1.54) is 14.2 Å². The van der Waals surface area contributed by atoms with Crippen LogP contribution in [0.1, 0.15) is 49.3 Å². The Morgan fingerprint density at radius 3 is 2.03 bits per heavy atom. The largest absolute Gasteiger partial charge is 0.506 e. The highest BCUT2D eigenvalue weighted by Gasteiger charge is 2.49. The third-order valence-electron chi connectivity index (χ3n) is 6.54. The quantitative estimate of drug-likeness (QED) is 0.396. The van der Waals surface area contributed by atoms with Gasteiger partial charge in [-0.25, -0.2) is 0 Å². The van der Waals surface area contributed by atoms with Gasteiger partial charge in [0.25, 0.3) is 11.7 Å². The van der Waals surface area contributed by atoms with Gasteiger partial charge >= 0.3 is 0 Å². The van der Waals surface area contributed by atoms with Crippen LogP contribution in [0.4, 0.5) is 0 Å². The molecule has 2 aromatic rings. The zero-order valence-corrected chi connectivity index (χ0v) is 19.2. The van der Waals surface area contributed by atoms with E-state index >= 15 is 0 Å². The molecule has 1 saturated carbocycles. The maximum atomic E-state index is 13.4. The minimum absolute atomic E-state index is 0.0403. The molecule has 7 nitrogen and oxygen atoms in total. The van der Waals surface area contributed by atoms with Gasteiger partial charge in [0.05, 0.1) is 32.9 Å². The third kappa shape index (κ3) is 4.03. The van der Waals surface area contributed by atoms with Gasteiger partial charge < -0.3 is 24.2 Å². The lowest BCUT2D eigenvalue weighted by Crippen LogP contribution is -2.40. The molecule has 1 N–H and O–H groups in total. The number of hydrogen-bond acceptors (Lipinski definition) is 6. The summed E-state index contributed by atoms with van der Waals surface area (Å²) >= 11 is 0. The number of carbonyl (C=O) groups excluding carboxylic acids is 2. The van der Waals surface area contributed by atoms with Crippen molar-refractivity contribution in [1.29, 1.82) is 0 Å². The van der Waals surface area contributed by atoms with Gasteiger partial charge in [0.15, 0.2) is 0 Å². The summed E-state index contributed by atoms with van der Waals surface area (Å²) in [7, 11) is 4.54. The van der Waals surface area contributed by atoms with Gasteiger partial charge in [-0.2, -0.15) is 0 Å². The normalized spacial score (nSPS) is 20.7. The number of amides is 1. The fourth-order valence-electron chi connectivity index (χ4n) is 4.92. The van der Waals surface area contributed by atoms with Crippen LogP contribution in [-0.2, 0) is 9.59 Å². The molecule has 174 valence electrons. The molecule has 1 atom stereocenters. The van der Waals surface area contributed by atoms with E-state index in [-0.39, 0.29) is 22.9 Å². The minimum Gasteiger partial charge on any atom is -0.506 e. The lowest BCUT2D eigenvalue weighted by atomic mass is 9.90. The first-order valence-electron chi connectivity index (χ1n) is 11.2. The van der Waals surface area contributed by atoms with E-state index < -0.39 is 17.7 Å². The molecule has 1 saturated heterocycles. The average molecular weight is 452 g/mol. The first-order chi connectivity index (χ1) is 16.0. The molecule has 33 heavy (non-hydrogen) atoms. The lowest BCUT2D eigenvalue weighted by molar-refractivity contribution is -0.141. The smallest absolute Gasteiger partial charge is 0.295 e. The topological polar surface area (TPSA) is 85.3 Å². The van der Waals surface area contributed by atoms with Crippen molar-refractivity contribution in [2.75, 3.05) is 21.3 Å². The first kappa shape index (κ1) is 22.7. The molecule has 2 aliphatic rings. The van der Waals surface area contributed by atoms with Crippen LogP contribution in [0.2, 0.25) is 0 Å². The molecule has 1 aliphatic carbocycles. The Hall–Kier alpha value is -3.48. The van der Waals surface area contributed by atoms with Crippen LogP contribution in [0.25, 0.3) is 5.76 Å². The van der Waals surface area contributed by atoms with Crippen molar-refractivity contribution in [3.8, 4) is 17.2 Å². The Morgan fingerprint density at radius 1 is 0.879 bits per heavy atom. The van der Waals surface area contributed by atoms with E-state index in [1.807, 2.05) is 12.1 Å². The summed E-state index contributed by atoms with van der Waals surface area (Å²) in [5.74, 6) is -0.222. The molecule has 1 heterocycles. The summed E-state index contributed by atoms with van der Waals surface area (Å²) in [6, 6.07) is 11.6. The standard InChI is InChI=1S/C26H29NO6/c1-31-18-14-12-16(13-15-18)23-22(24(28)21-19(32-2)10-7-11-20(21)33-3)25(29)26(30)27(23)17-8-5-4-6-9-17/h7,10-15,17,23,28H,4-6,8-9H2,1-3H3/b24-22+. The van der Waals surface area contributed by atoms with Crippen LogP contribution >= 0.6 is 0 Å². The van der Waals surface area contributed by atoms with Gasteiger partial charge in [-0.15, -0.1) is 0 Å². The summed E-state index contributed by atoms with van der Waals surface area (Å²) in [4.78, 5) is 28.3. The zero-order valence-electron chi connectivity index (χ0n) is 19.2. The summed E-state index contributed by atoms with van der Waals surface area (Å²) < 4.78 is 16.2. The Labute approximate surface area is 193 Å². The third-order valence-corrected chi connectivity index (χ3v) is 6.54. The van der Waals surface area contributed by atoms with E-state index in [4.69, 9.17) is 14.2 Å². The Bertz CT molecular complexity index is 1050. The van der Waals surface area contributed by atoms with Crippen molar-refractivity contribution >= 4 is 17.4 Å². The lowest BCUT2D eigenvalue weighted by Gasteiger charge is -2.35. The van der Waals surface area contributed by atoms with Crippen molar-refractivity contribution < 1.29 is 28.9 Å². The van der Waals surface area contributed by atoms with Crippen LogP contribution in [0, 0.1) is 0 Å². The number of aliphatic hydroxyl groups is 1. The van der Waals surface area contributed by atoms with Gasteiger partial charge in [0.1, 0.15) is 28.6 Å². The predicted octanol–water partition coefficient (Wildman–Crippen LogP) is 4.47. The van der Waals surface area contributed by atoms with E-state index in [2.05, 4.69) is 0 Å². The number of ketones is 1. The summed E-state index contributed by atoms with van der Waals surface area (Å²) in [5.41, 5.74) is 1.03. The molecule has 0 aromatic heterocycles. The molecular weight excluding hydrogens is 422 g/mol. The van der Waals surface area contributed by atoms with Crippen molar-refractivity contribution in [3.63, 3.8) is 0 Å². The van der Waals surface area contributed by atoms with Crippen molar-refractivity contribution in [2.45, 2.75) is 44.2 Å². The molecule has 2 fully saturated rings. The number of rotatable bonds is 6. The highest BCUT2D eigenvalue weighted by atomic mass is 16.5. The summed E-state index contributed by atoms with van der Waals surface area (Å²) in [6.07, 6.45) is 4.79. The van der Waals surface area contributed by atoms with Crippen molar-refractivity contribution in [1.82, 2.24) is 4.90 Å². The van der Waals surface area contributed by atoms with Crippen molar-refractivity contribution in [3.05, 3.63) is 59.2 Å². The molecule has 2 aromatic carbocycles. The number of nitrogens with zero attached hydrogens (tertiary/aromatic N) is 1. The van der Waals surface area contributed by atoms with E-state index in [0.29, 0.717) is 17.2 Å². The fraction of sp³-hybridized carbons (Fsp3) is 0.385. The molecule has 0 bridgehead atoms. The highest BCUT2D eigenvalue weighted by molar-refractivity contribution is 6.46. The molecule has 1 unspecified atom stereocenters. The summed E-state index contributed by atoms with van der Waals surface area (Å²) in [5, 5.41) is 11.5. The maximum Gasteiger partial charge on any atom is 0.295 e. The number of ether oxygens (including phenoxy) is 3. The average Bonchev–Trinajstić information content (AvgIpc) is 3.13. The van der Waals surface area contributed by atoms with Gasteiger partial charge in [-0.05, 0) is 42.7 Å². The number of carbonyl (C=O) groups is 2. The molecule has 1 amide bonds. The number of hydrogen-bond donors (Lipinski definition) is 1. The van der Waals surface area contributed by atoms with Gasteiger partial charge in [-0.1, -0.05) is 37.5 Å². The van der Waals surface area contributed by atoms with E-state index in [0.717, 1.165) is 37.7 Å². The minimum atomic E-state index is -0.714. The first-order valence-corrected chi connectivity index (χ1v) is 11.2. The highest BCUT2D eigenvalue weighted by Crippen LogP contribution is 2.45. The maximum absolute atomic E-state index is 13.4. The second-order valence-corrected chi connectivity index (χ2v) is 8.31. The molecule has 1 aliphatic heterocycles. The van der Waals surface area contributed by atoms with Crippen LogP contribution in [0.3, 0.4) is 0 Å². The molecule has 7 heteroatoms. The fourth-order valence-corrected chi connectivity index (χ4v) is 4.92. The van der Waals surface area contributed by atoms with E-state index in [1.54, 1.807) is 42.3 Å². The molecular formula is C26H29NO6. The van der Waals surface area contributed by atoms with Gasteiger partial charge in [0.2, 0.25) is 0 Å². The number of aliphatic hydroxyl groups excluding tert-OH is 1. The van der Waals surface area contributed by atoms with Crippen molar-refractivity contribution in [2.24, 2.45) is 0 Å². The molecule has 0 spiro atoms. The Balaban J connectivity index is 1.93. The number of likely N-dealkylation sites (tertiary alicyclic amines) is 1. The van der Waals surface area contributed by atoms with Crippen LogP contribution in [0.15, 0.2) is 48.0 Å². The van der Waals surface area contributed by atoms with Crippen LogP contribution < -0.4 is 14.2 Å². The number of methoxy groups -OCH3 is 3. The van der Waals surface area contributed by atoms with Gasteiger partial charge in [0, 0.05) is 6.04 Å². The predicted molar refractivity (Wildman–Crippen MR) is 124 cm³/mol. The number of benzene rings is 2. The summed E-state index contributed by atoms with van der Waals surface area (Å²) in [6.45, 7) is 0. The van der Waals surface area contributed by atoms with Gasteiger partial charge in [-0.3, -0.25) is 9.59 Å². The zero-order chi connectivity index (χ0) is 23.5. The Kier molecular flexibility index (Phi) is 6.58. The number of Topliss-reactive ketones (excluding diaryl/α,β-unsaturated/α-hetero) is 1. The van der Waals surface area contributed by atoms with Crippen LogP contribution in [0.5, 0.6) is 17.2 Å². The van der Waals surface area contributed by atoms with Crippen LogP contribution in [-0.4, -0.2) is 49.1 Å². The second kappa shape index (κ2) is 9.57. The second-order valence-electron chi connectivity index (χ2n) is 8.31. The monoisotopic (exact) mass is 451 g/mol. The Morgan fingerprint density at radius 2 is 1.48 bits per heavy atom. The molecule has 4 rings (SSSR count). The molecule has 0 radical (unpaired) electrons. The SMILES string of the molecule is COc1ccc(C2/C(=C(\O)c3c(OC)cccc3OC)C(=O)C(=O)N2C2CCCCC2)cc1. The van der Waals surface area contributed by atoms with E-state index in [9.17, 15) is 14.7 Å².